The van der Waals surface area contributed by atoms with Crippen molar-refractivity contribution in [2.24, 2.45) is 0 Å². The summed E-state index contributed by atoms with van der Waals surface area (Å²) in [4.78, 5) is 26.4. The molecule has 137 valence electrons. The molecule has 0 heterocycles. The fourth-order valence-electron chi connectivity index (χ4n) is 0. The number of carbonyl (C=O) groups is 3. The van der Waals surface area contributed by atoms with Gasteiger partial charge in [-0.05, 0) is 0 Å². The number of halogens is 9. The van der Waals surface area contributed by atoms with Crippen LogP contribution in [0.2, 0.25) is 0 Å². The molecular formula is C6CuF9O6-3. The van der Waals surface area contributed by atoms with Crippen molar-refractivity contribution in [3.05, 3.63) is 0 Å². The quantitative estimate of drug-likeness (QED) is 0.338. The van der Waals surface area contributed by atoms with Gasteiger partial charge in [0, 0.05) is 17.1 Å². The molecular weight excluding hydrogens is 403 g/mol. The van der Waals surface area contributed by atoms with Crippen molar-refractivity contribution in [2.75, 3.05) is 0 Å². The van der Waals surface area contributed by atoms with E-state index in [1.54, 1.807) is 0 Å². The van der Waals surface area contributed by atoms with Gasteiger partial charge in [0.2, 0.25) is 0 Å². The fourth-order valence-corrected chi connectivity index (χ4v) is 0. The molecule has 0 fully saturated rings. The third-order valence-corrected chi connectivity index (χ3v) is 0.694. The van der Waals surface area contributed by atoms with E-state index in [4.69, 9.17) is 29.7 Å². The minimum absolute atomic E-state index is 0. The molecule has 0 rings (SSSR count). The second kappa shape index (κ2) is 10.1. The predicted molar refractivity (Wildman–Crippen MR) is 33.2 cm³/mol. The topological polar surface area (TPSA) is 120 Å². The van der Waals surface area contributed by atoms with Crippen LogP contribution in [0.5, 0.6) is 0 Å². The number of carbonyl (C=O) groups excluding carboxylic acids is 3. The van der Waals surface area contributed by atoms with Crippen molar-refractivity contribution in [1.29, 1.82) is 0 Å². The van der Waals surface area contributed by atoms with Crippen molar-refractivity contribution >= 4 is 17.9 Å². The number of hydrogen-bond donors (Lipinski definition) is 0. The largest absolute Gasteiger partial charge is 0.542 e. The molecule has 0 aliphatic rings. The van der Waals surface area contributed by atoms with E-state index in [2.05, 4.69) is 0 Å². The van der Waals surface area contributed by atoms with Gasteiger partial charge in [0.25, 0.3) is 0 Å². The Hall–Kier alpha value is -1.70. The summed E-state index contributed by atoms with van der Waals surface area (Å²) in [5.74, 6) is -9.02. The molecule has 0 N–H and O–H groups in total. The van der Waals surface area contributed by atoms with Crippen LogP contribution in [0.25, 0.3) is 0 Å². The number of aliphatic carboxylic acids is 3. The first-order valence-electron chi connectivity index (χ1n) is 3.68. The van der Waals surface area contributed by atoms with Gasteiger partial charge in [-0.2, -0.15) is 39.5 Å². The van der Waals surface area contributed by atoms with Gasteiger partial charge in [0.15, 0.2) is 0 Å². The normalized spacial score (nSPS) is 10.8. The van der Waals surface area contributed by atoms with E-state index in [9.17, 15) is 39.5 Å². The number of rotatable bonds is 0. The molecule has 0 bridgehead atoms. The molecule has 0 aromatic heterocycles. The van der Waals surface area contributed by atoms with Gasteiger partial charge in [-0.25, -0.2) is 0 Å². The molecule has 0 unspecified atom stereocenters. The number of hydrogen-bond acceptors (Lipinski definition) is 6. The first-order valence-corrected chi connectivity index (χ1v) is 3.68. The van der Waals surface area contributed by atoms with Gasteiger partial charge in [0.05, 0.1) is 0 Å². The smallest absolute Gasteiger partial charge is 0.430 e. The van der Waals surface area contributed by atoms with Crippen molar-refractivity contribution in [1.82, 2.24) is 0 Å². The predicted octanol–water partition coefficient (Wildman–Crippen LogP) is -2.11. The molecule has 0 saturated carbocycles. The minimum Gasteiger partial charge on any atom is -0.542 e. The van der Waals surface area contributed by atoms with Gasteiger partial charge in [0.1, 0.15) is 17.9 Å². The Balaban J connectivity index is -0.000000108. The van der Waals surface area contributed by atoms with Crippen molar-refractivity contribution in [3.63, 3.8) is 0 Å². The fraction of sp³-hybridized carbons (Fsp3) is 0.500. The van der Waals surface area contributed by atoms with Crippen molar-refractivity contribution in [2.45, 2.75) is 18.5 Å². The van der Waals surface area contributed by atoms with Crippen LogP contribution >= 0.6 is 0 Å². The summed E-state index contributed by atoms with van der Waals surface area (Å²) in [6.45, 7) is 0. The van der Waals surface area contributed by atoms with E-state index >= 15 is 0 Å². The van der Waals surface area contributed by atoms with Crippen LogP contribution in [0.1, 0.15) is 0 Å². The first kappa shape index (κ1) is 28.5. The number of alkyl halides is 9. The molecule has 0 aliphatic heterocycles. The molecule has 0 amide bonds. The third-order valence-electron chi connectivity index (χ3n) is 0.694. The SMILES string of the molecule is O=C([O-])C(F)(F)F.O=C([O-])C(F)(F)F.O=C([O-])C(F)(F)F.[Cu]. The Morgan fingerprint density at radius 3 is 0.545 bits per heavy atom. The van der Waals surface area contributed by atoms with Crippen LogP contribution in [0.3, 0.4) is 0 Å². The molecule has 22 heavy (non-hydrogen) atoms. The zero-order valence-corrected chi connectivity index (χ0v) is 10.1. The summed E-state index contributed by atoms with van der Waals surface area (Å²) in [6.07, 6.45) is -15.6. The van der Waals surface area contributed by atoms with Crippen LogP contribution in [0.15, 0.2) is 0 Å². The summed E-state index contributed by atoms with van der Waals surface area (Å²) in [6, 6.07) is 0. The second-order valence-electron chi connectivity index (χ2n) is 2.36. The summed E-state index contributed by atoms with van der Waals surface area (Å²) >= 11 is 0. The summed E-state index contributed by atoms with van der Waals surface area (Å²) in [5, 5.41) is 26.4. The molecule has 0 saturated heterocycles. The molecule has 16 heteroatoms. The third kappa shape index (κ3) is 20.6. The summed E-state index contributed by atoms with van der Waals surface area (Å²) in [7, 11) is 0. The van der Waals surface area contributed by atoms with Crippen molar-refractivity contribution in [3.8, 4) is 0 Å². The van der Waals surface area contributed by atoms with E-state index < -0.39 is 36.4 Å². The van der Waals surface area contributed by atoms with E-state index in [-0.39, 0.29) is 17.1 Å². The van der Waals surface area contributed by atoms with Gasteiger partial charge >= 0.3 is 18.5 Å². The Morgan fingerprint density at radius 2 is 0.545 bits per heavy atom. The monoisotopic (exact) mass is 402 g/mol. The van der Waals surface area contributed by atoms with Gasteiger partial charge in [-0.1, -0.05) is 0 Å². The van der Waals surface area contributed by atoms with Crippen molar-refractivity contribution < 1.29 is 86.3 Å². The molecule has 0 aromatic carbocycles. The zero-order valence-electron chi connectivity index (χ0n) is 9.15. The van der Waals surface area contributed by atoms with Crippen LogP contribution in [0, 0.1) is 0 Å². The minimum atomic E-state index is -5.19. The second-order valence-corrected chi connectivity index (χ2v) is 2.36. The molecule has 0 atom stereocenters. The van der Waals surface area contributed by atoms with Crippen LogP contribution < -0.4 is 15.3 Å². The zero-order chi connectivity index (χ0) is 18.2. The summed E-state index contributed by atoms with van der Waals surface area (Å²) < 4.78 is 94.6. The van der Waals surface area contributed by atoms with Gasteiger partial charge in [-0.15, -0.1) is 0 Å². The van der Waals surface area contributed by atoms with Crippen LogP contribution in [-0.4, -0.2) is 36.4 Å². The molecule has 1 radical (unpaired) electrons. The number of carboxylic acids is 3. The standard InChI is InChI=1S/3C2HF3O2.Cu/c3*3-2(4,5)1(6)7;/h3*(H,6,7);/p-3. The Bertz CT molecular complexity index is 313. The number of carboxylic acid groups (broad SMARTS) is 3. The van der Waals surface area contributed by atoms with E-state index in [0.29, 0.717) is 0 Å². The first-order chi connectivity index (χ1) is 8.83. The van der Waals surface area contributed by atoms with E-state index in [1.807, 2.05) is 0 Å². The Kier molecular flexibility index (Phi) is 13.1. The van der Waals surface area contributed by atoms with E-state index in [0.717, 1.165) is 0 Å². The molecule has 0 aliphatic carbocycles. The van der Waals surface area contributed by atoms with Gasteiger partial charge < -0.3 is 29.7 Å². The molecule has 0 spiro atoms. The average molecular weight is 403 g/mol. The average Bonchev–Trinajstić information content (AvgIpc) is 2.14. The maximum atomic E-state index is 10.5. The maximum Gasteiger partial charge on any atom is 0.430 e. The van der Waals surface area contributed by atoms with E-state index in [1.165, 1.54) is 0 Å². The Labute approximate surface area is 124 Å². The van der Waals surface area contributed by atoms with Crippen LogP contribution in [0.4, 0.5) is 39.5 Å². The van der Waals surface area contributed by atoms with Crippen LogP contribution in [-0.2, 0) is 31.5 Å². The molecule has 6 nitrogen and oxygen atoms in total. The Morgan fingerprint density at radius 1 is 0.500 bits per heavy atom. The maximum absolute atomic E-state index is 10.5. The molecule has 0 aromatic rings. The van der Waals surface area contributed by atoms with Gasteiger partial charge in [-0.3, -0.25) is 0 Å². The summed E-state index contributed by atoms with van der Waals surface area (Å²) in [5.41, 5.74) is 0.